The molecule has 2 rings (SSSR count). The van der Waals surface area contributed by atoms with Crippen LogP contribution in [0.5, 0.6) is 0 Å². The summed E-state index contributed by atoms with van der Waals surface area (Å²) in [5.74, 6) is 0. The molecule has 0 amide bonds. The van der Waals surface area contributed by atoms with Crippen LogP contribution in [0, 0.1) is 0 Å². The normalized spacial score (nSPS) is 11.6. The first kappa shape index (κ1) is 15.7. The highest BCUT2D eigenvalue weighted by Crippen LogP contribution is 2.37. The Morgan fingerprint density at radius 2 is 1.81 bits per heavy atom. The quantitative estimate of drug-likeness (QED) is 0.833. The summed E-state index contributed by atoms with van der Waals surface area (Å²) >= 11 is 1.37. The molecule has 3 N–H and O–H groups in total. The van der Waals surface area contributed by atoms with Gasteiger partial charge in [0.15, 0.2) is 0 Å². The van der Waals surface area contributed by atoms with Crippen LogP contribution in [0.15, 0.2) is 52.3 Å². The first-order valence-corrected chi connectivity index (χ1v) is 7.10. The SMILES string of the molecule is CNCc1ccccc1Sc1ccc(C(F)(F)F)cc1N. The highest BCUT2D eigenvalue weighted by Gasteiger charge is 2.30. The topological polar surface area (TPSA) is 38.0 Å². The second-order valence-electron chi connectivity index (χ2n) is 4.49. The second kappa shape index (κ2) is 6.41. The lowest BCUT2D eigenvalue weighted by Crippen LogP contribution is -2.06. The molecule has 0 fully saturated rings. The summed E-state index contributed by atoms with van der Waals surface area (Å²) in [4.78, 5) is 1.59. The van der Waals surface area contributed by atoms with E-state index in [2.05, 4.69) is 5.32 Å². The van der Waals surface area contributed by atoms with Crippen LogP contribution in [0.4, 0.5) is 18.9 Å². The molecule has 0 aliphatic heterocycles. The average molecular weight is 312 g/mol. The van der Waals surface area contributed by atoms with Crippen molar-refractivity contribution in [2.45, 2.75) is 22.5 Å². The second-order valence-corrected chi connectivity index (χ2v) is 5.57. The van der Waals surface area contributed by atoms with Gasteiger partial charge >= 0.3 is 6.18 Å². The maximum absolute atomic E-state index is 12.6. The molecular formula is C15H15F3N2S. The third kappa shape index (κ3) is 3.92. The standard InChI is InChI=1S/C15H15F3N2S/c1-20-9-10-4-2-3-5-13(10)21-14-7-6-11(8-12(14)19)15(16,17)18/h2-8,20H,9,19H2,1H3. The van der Waals surface area contributed by atoms with E-state index in [1.165, 1.54) is 17.8 Å². The minimum Gasteiger partial charge on any atom is -0.398 e. The summed E-state index contributed by atoms with van der Waals surface area (Å²) in [5.41, 5.74) is 6.23. The Morgan fingerprint density at radius 1 is 1.10 bits per heavy atom. The largest absolute Gasteiger partial charge is 0.416 e. The lowest BCUT2D eigenvalue weighted by Gasteiger charge is -2.12. The van der Waals surface area contributed by atoms with Crippen LogP contribution < -0.4 is 11.1 Å². The lowest BCUT2D eigenvalue weighted by atomic mass is 10.2. The van der Waals surface area contributed by atoms with Gasteiger partial charge in [-0.15, -0.1) is 0 Å². The Morgan fingerprint density at radius 3 is 2.43 bits per heavy atom. The van der Waals surface area contributed by atoms with Gasteiger partial charge in [0.1, 0.15) is 0 Å². The van der Waals surface area contributed by atoms with E-state index in [4.69, 9.17) is 5.73 Å². The molecule has 6 heteroatoms. The summed E-state index contributed by atoms with van der Waals surface area (Å²) in [5, 5.41) is 3.06. The Labute approximate surface area is 125 Å². The zero-order valence-electron chi connectivity index (χ0n) is 11.4. The van der Waals surface area contributed by atoms with Gasteiger partial charge in [0, 0.05) is 22.0 Å². The lowest BCUT2D eigenvalue weighted by molar-refractivity contribution is -0.137. The predicted octanol–water partition coefficient (Wildman–Crippen LogP) is 4.16. The van der Waals surface area contributed by atoms with Crippen molar-refractivity contribution in [2.24, 2.45) is 0 Å². The number of benzene rings is 2. The summed E-state index contributed by atoms with van der Waals surface area (Å²) in [6, 6.07) is 11.2. The van der Waals surface area contributed by atoms with E-state index < -0.39 is 11.7 Å². The molecule has 0 aliphatic rings. The van der Waals surface area contributed by atoms with Gasteiger partial charge in [0.05, 0.1) is 5.56 Å². The van der Waals surface area contributed by atoms with Crippen molar-refractivity contribution in [1.82, 2.24) is 5.32 Å². The average Bonchev–Trinajstić information content (AvgIpc) is 2.42. The van der Waals surface area contributed by atoms with Crippen molar-refractivity contribution in [3.63, 3.8) is 0 Å². The van der Waals surface area contributed by atoms with Crippen molar-refractivity contribution in [3.05, 3.63) is 53.6 Å². The number of anilines is 1. The number of hydrogen-bond donors (Lipinski definition) is 2. The van der Waals surface area contributed by atoms with E-state index >= 15 is 0 Å². The van der Waals surface area contributed by atoms with Gasteiger partial charge < -0.3 is 11.1 Å². The van der Waals surface area contributed by atoms with Crippen LogP contribution in [0.2, 0.25) is 0 Å². The van der Waals surface area contributed by atoms with Crippen molar-refractivity contribution >= 4 is 17.4 Å². The van der Waals surface area contributed by atoms with Crippen LogP contribution in [0.25, 0.3) is 0 Å². The molecule has 0 bridgehead atoms. The summed E-state index contributed by atoms with van der Waals surface area (Å²) < 4.78 is 37.9. The Kier molecular flexibility index (Phi) is 4.80. The first-order valence-electron chi connectivity index (χ1n) is 6.29. The van der Waals surface area contributed by atoms with Crippen LogP contribution >= 0.6 is 11.8 Å². The van der Waals surface area contributed by atoms with Gasteiger partial charge in [0.2, 0.25) is 0 Å². The molecule has 0 atom stereocenters. The van der Waals surface area contributed by atoms with Crippen molar-refractivity contribution < 1.29 is 13.2 Å². The monoisotopic (exact) mass is 312 g/mol. The fraction of sp³-hybridized carbons (Fsp3) is 0.200. The third-order valence-corrected chi connectivity index (χ3v) is 4.11. The minimum atomic E-state index is -4.37. The number of nitrogen functional groups attached to an aromatic ring is 1. The van der Waals surface area contributed by atoms with Crippen molar-refractivity contribution in [1.29, 1.82) is 0 Å². The van der Waals surface area contributed by atoms with Gasteiger partial charge in [-0.3, -0.25) is 0 Å². The van der Waals surface area contributed by atoms with Crippen LogP contribution in [0.1, 0.15) is 11.1 Å². The molecule has 0 saturated heterocycles. The third-order valence-electron chi connectivity index (χ3n) is 2.90. The molecule has 0 radical (unpaired) electrons. The van der Waals surface area contributed by atoms with Crippen molar-refractivity contribution in [3.8, 4) is 0 Å². The van der Waals surface area contributed by atoms with Crippen LogP contribution in [-0.2, 0) is 12.7 Å². The molecule has 2 aromatic carbocycles. The first-order chi connectivity index (χ1) is 9.91. The molecule has 2 nitrogen and oxygen atoms in total. The molecule has 0 spiro atoms. The molecule has 0 aliphatic carbocycles. The van der Waals surface area contributed by atoms with E-state index in [0.29, 0.717) is 11.4 Å². The molecule has 21 heavy (non-hydrogen) atoms. The van der Waals surface area contributed by atoms with Gasteiger partial charge in [-0.1, -0.05) is 30.0 Å². The van der Waals surface area contributed by atoms with Crippen LogP contribution in [0.3, 0.4) is 0 Å². The van der Waals surface area contributed by atoms with E-state index in [0.717, 1.165) is 22.6 Å². The highest BCUT2D eigenvalue weighted by atomic mass is 32.2. The highest BCUT2D eigenvalue weighted by molar-refractivity contribution is 7.99. The van der Waals surface area contributed by atoms with Gasteiger partial charge in [-0.2, -0.15) is 13.2 Å². The summed E-state index contributed by atoms with van der Waals surface area (Å²) in [7, 11) is 1.84. The van der Waals surface area contributed by atoms with Crippen LogP contribution in [-0.4, -0.2) is 7.05 Å². The van der Waals surface area contributed by atoms with Gasteiger partial charge in [-0.05, 0) is 36.9 Å². The maximum Gasteiger partial charge on any atom is 0.416 e. The number of hydrogen-bond acceptors (Lipinski definition) is 3. The molecule has 0 saturated carbocycles. The zero-order chi connectivity index (χ0) is 15.5. The van der Waals surface area contributed by atoms with E-state index in [-0.39, 0.29) is 5.69 Å². The zero-order valence-corrected chi connectivity index (χ0v) is 12.2. The van der Waals surface area contributed by atoms with Crippen molar-refractivity contribution in [2.75, 3.05) is 12.8 Å². The molecule has 2 aromatic rings. The Balaban J connectivity index is 2.28. The number of rotatable bonds is 4. The Bertz CT molecular complexity index is 627. The van der Waals surface area contributed by atoms with E-state index in [9.17, 15) is 13.2 Å². The Hall–Kier alpha value is -1.66. The number of halogens is 3. The summed E-state index contributed by atoms with van der Waals surface area (Å²) in [6.45, 7) is 0.684. The molecule has 0 unspecified atom stereocenters. The molecule has 0 heterocycles. The fourth-order valence-electron chi connectivity index (χ4n) is 1.88. The fourth-order valence-corrected chi connectivity index (χ4v) is 2.84. The smallest absolute Gasteiger partial charge is 0.398 e. The van der Waals surface area contributed by atoms with E-state index in [1.54, 1.807) is 0 Å². The number of nitrogens with two attached hydrogens (primary N) is 1. The minimum absolute atomic E-state index is 0.133. The van der Waals surface area contributed by atoms with Gasteiger partial charge in [0.25, 0.3) is 0 Å². The van der Waals surface area contributed by atoms with Gasteiger partial charge in [-0.25, -0.2) is 0 Å². The molecule has 0 aromatic heterocycles. The van der Waals surface area contributed by atoms with E-state index in [1.807, 2.05) is 31.3 Å². The predicted molar refractivity (Wildman–Crippen MR) is 79.2 cm³/mol. The summed E-state index contributed by atoms with van der Waals surface area (Å²) in [6.07, 6.45) is -4.37. The number of alkyl halides is 3. The molecule has 112 valence electrons. The maximum atomic E-state index is 12.6. The molecular weight excluding hydrogens is 297 g/mol. The number of nitrogens with one attached hydrogen (secondary N) is 1.